The summed E-state index contributed by atoms with van der Waals surface area (Å²) < 4.78 is 9.58. The third-order valence-corrected chi connectivity index (χ3v) is 4.13. The first kappa shape index (κ1) is 17.6. The Hall–Kier alpha value is -1.42. The van der Waals surface area contributed by atoms with Crippen molar-refractivity contribution in [2.45, 2.75) is 23.8 Å². The van der Waals surface area contributed by atoms with Crippen molar-refractivity contribution >= 4 is 49.0 Å². The van der Waals surface area contributed by atoms with Crippen molar-refractivity contribution in [3.8, 4) is 0 Å². The van der Waals surface area contributed by atoms with Crippen LogP contribution >= 0.6 is 12.6 Å². The van der Waals surface area contributed by atoms with E-state index in [1.165, 1.54) is 14.1 Å². The molecule has 10 heteroatoms. The lowest BCUT2D eigenvalue weighted by Crippen LogP contribution is -2.74. The highest BCUT2D eigenvalue weighted by molar-refractivity contribution is 7.82. The molecule has 118 valence electrons. The van der Waals surface area contributed by atoms with Crippen molar-refractivity contribution in [3.63, 3.8) is 0 Å². The minimum absolute atomic E-state index is 0.456. The van der Waals surface area contributed by atoms with Crippen molar-refractivity contribution in [2.75, 3.05) is 20.7 Å². The molecular formula is C11H15N2O6S2-. The lowest BCUT2D eigenvalue weighted by atomic mass is 10.1. The Morgan fingerprint density at radius 2 is 1.67 bits per heavy atom. The number of esters is 2. The summed E-state index contributed by atoms with van der Waals surface area (Å²) in [6.07, 6.45) is 0. The zero-order chi connectivity index (χ0) is 16.6. The van der Waals surface area contributed by atoms with Gasteiger partial charge in [-0.3, -0.25) is 19.2 Å². The molecule has 1 heterocycles. The first-order valence-corrected chi connectivity index (χ1v) is 6.64. The molecule has 1 aliphatic heterocycles. The highest BCUT2D eigenvalue weighted by Crippen LogP contribution is 2.34. The number of carbonyl (C=O) groups is 4. The number of hydrogen-bond acceptors (Lipinski definition) is 8. The molecule has 2 atom stereocenters. The monoisotopic (exact) mass is 335 g/mol. The Morgan fingerprint density at radius 3 is 2.10 bits per heavy atom. The standard InChI is InChI=1S/C11H16N2O6S2/c1-6(14)18-5-10(20)8(16)13(4)11(21,19-7(2)15)9(17)12(10)3/h20-21H,5H2,1-4H3/p-1/t10-,11-/m0/s1. The fourth-order valence-electron chi connectivity index (χ4n) is 1.74. The number of nitrogens with zero attached hydrogens (tertiary/aromatic N) is 2. The van der Waals surface area contributed by atoms with Crippen molar-refractivity contribution in [3.05, 3.63) is 0 Å². The summed E-state index contributed by atoms with van der Waals surface area (Å²) >= 11 is 9.15. The summed E-state index contributed by atoms with van der Waals surface area (Å²) in [5.41, 5.74) is 0. The first-order valence-electron chi connectivity index (χ1n) is 5.79. The maximum Gasteiger partial charge on any atom is 0.303 e. The van der Waals surface area contributed by atoms with Gasteiger partial charge < -0.3 is 31.9 Å². The molecule has 1 aliphatic rings. The van der Waals surface area contributed by atoms with E-state index < -0.39 is 40.3 Å². The largest absolute Gasteiger partial charge is 0.711 e. The van der Waals surface area contributed by atoms with Crippen LogP contribution in [0.3, 0.4) is 0 Å². The smallest absolute Gasteiger partial charge is 0.303 e. The van der Waals surface area contributed by atoms with Crippen LogP contribution in [0.4, 0.5) is 0 Å². The van der Waals surface area contributed by atoms with E-state index in [0.717, 1.165) is 23.6 Å². The van der Waals surface area contributed by atoms with Crippen LogP contribution in [0.1, 0.15) is 13.8 Å². The maximum absolute atomic E-state index is 12.4. The van der Waals surface area contributed by atoms with Gasteiger partial charge in [0.1, 0.15) is 6.61 Å². The molecule has 1 fully saturated rings. The van der Waals surface area contributed by atoms with Crippen molar-refractivity contribution in [2.24, 2.45) is 0 Å². The molecule has 0 aromatic heterocycles. The summed E-state index contributed by atoms with van der Waals surface area (Å²) in [7, 11) is 2.47. The number of hydrogen-bond donors (Lipinski definition) is 1. The van der Waals surface area contributed by atoms with Gasteiger partial charge >= 0.3 is 11.9 Å². The van der Waals surface area contributed by atoms with Crippen LogP contribution in [0.15, 0.2) is 0 Å². The van der Waals surface area contributed by atoms with E-state index in [-0.39, 0.29) is 0 Å². The zero-order valence-electron chi connectivity index (χ0n) is 11.9. The van der Waals surface area contributed by atoms with Gasteiger partial charge in [-0.15, -0.1) is 12.6 Å². The van der Waals surface area contributed by atoms with E-state index in [1.54, 1.807) is 0 Å². The zero-order valence-corrected chi connectivity index (χ0v) is 13.6. The van der Waals surface area contributed by atoms with Gasteiger partial charge in [0.05, 0.1) is 0 Å². The van der Waals surface area contributed by atoms with Crippen molar-refractivity contribution in [1.29, 1.82) is 0 Å². The van der Waals surface area contributed by atoms with Gasteiger partial charge in [-0.2, -0.15) is 0 Å². The molecule has 0 aliphatic carbocycles. The fraction of sp³-hybridized carbons (Fsp3) is 0.636. The molecule has 0 bridgehead atoms. The van der Waals surface area contributed by atoms with Gasteiger partial charge in [-0.1, -0.05) is 0 Å². The predicted octanol–water partition coefficient (Wildman–Crippen LogP) is -1.13. The third kappa shape index (κ3) is 2.95. The van der Waals surface area contributed by atoms with Crippen LogP contribution in [-0.2, 0) is 41.3 Å². The highest BCUT2D eigenvalue weighted by Gasteiger charge is 2.56. The van der Waals surface area contributed by atoms with E-state index in [4.69, 9.17) is 22.1 Å². The van der Waals surface area contributed by atoms with Crippen LogP contribution in [0.5, 0.6) is 0 Å². The van der Waals surface area contributed by atoms with E-state index in [2.05, 4.69) is 12.6 Å². The van der Waals surface area contributed by atoms with Crippen molar-refractivity contribution in [1.82, 2.24) is 9.80 Å². The molecule has 0 N–H and O–H groups in total. The lowest BCUT2D eigenvalue weighted by Gasteiger charge is -2.56. The normalized spacial score (nSPS) is 29.4. The molecule has 0 spiro atoms. The summed E-state index contributed by atoms with van der Waals surface area (Å²) in [5.74, 6) is -3.00. The summed E-state index contributed by atoms with van der Waals surface area (Å²) in [5, 5.41) is -2.18. The predicted molar refractivity (Wildman–Crippen MR) is 75.8 cm³/mol. The molecule has 2 amide bonds. The van der Waals surface area contributed by atoms with Crippen LogP contribution in [-0.4, -0.2) is 64.2 Å². The van der Waals surface area contributed by atoms with Crippen molar-refractivity contribution < 1.29 is 28.7 Å². The van der Waals surface area contributed by atoms with Crippen LogP contribution < -0.4 is 0 Å². The summed E-state index contributed by atoms with van der Waals surface area (Å²) in [6.45, 7) is 1.77. The Bertz CT molecular complexity index is 513. The summed E-state index contributed by atoms with van der Waals surface area (Å²) in [6, 6.07) is 0. The van der Waals surface area contributed by atoms with Gasteiger partial charge in [0.25, 0.3) is 11.8 Å². The second kappa shape index (κ2) is 5.76. The minimum atomic E-state index is -2.18. The molecule has 0 radical (unpaired) electrons. The molecule has 21 heavy (non-hydrogen) atoms. The maximum atomic E-state index is 12.4. The average Bonchev–Trinajstić information content (AvgIpc) is 2.39. The molecule has 1 rings (SSSR count). The highest BCUT2D eigenvalue weighted by atomic mass is 32.1. The van der Waals surface area contributed by atoms with E-state index >= 15 is 0 Å². The lowest BCUT2D eigenvalue weighted by molar-refractivity contribution is -0.194. The quantitative estimate of drug-likeness (QED) is 0.396. The van der Waals surface area contributed by atoms with Gasteiger partial charge in [0.15, 0.2) is 9.93 Å². The number of likely N-dealkylation sites (N-methyl/N-ethyl adjacent to an activating group) is 2. The Labute approximate surface area is 132 Å². The second-order valence-corrected chi connectivity index (χ2v) is 5.79. The Kier molecular flexibility index (Phi) is 4.83. The Balaban J connectivity index is 3.18. The molecule has 0 saturated carbocycles. The average molecular weight is 335 g/mol. The van der Waals surface area contributed by atoms with Crippen LogP contribution in [0.25, 0.3) is 0 Å². The molecule has 0 unspecified atom stereocenters. The number of piperazine rings is 1. The van der Waals surface area contributed by atoms with Crippen LogP contribution in [0, 0.1) is 0 Å². The number of rotatable bonds is 3. The number of carbonyl (C=O) groups excluding carboxylic acids is 4. The topological polar surface area (TPSA) is 93.2 Å². The molecule has 0 aromatic carbocycles. The molecule has 0 aromatic rings. The minimum Gasteiger partial charge on any atom is -0.711 e. The first-order chi connectivity index (χ1) is 9.46. The van der Waals surface area contributed by atoms with E-state index in [9.17, 15) is 19.2 Å². The van der Waals surface area contributed by atoms with Gasteiger partial charge in [-0.25, -0.2) is 0 Å². The fourth-order valence-corrected chi connectivity index (χ4v) is 2.38. The second-order valence-electron chi connectivity index (χ2n) is 4.50. The third-order valence-electron chi connectivity index (χ3n) is 2.98. The van der Waals surface area contributed by atoms with Gasteiger partial charge in [0, 0.05) is 27.9 Å². The van der Waals surface area contributed by atoms with E-state index in [0.29, 0.717) is 0 Å². The van der Waals surface area contributed by atoms with Gasteiger partial charge in [-0.05, 0) is 0 Å². The number of amides is 2. The molecule has 1 saturated heterocycles. The Morgan fingerprint density at radius 1 is 1.14 bits per heavy atom. The number of thiol groups is 1. The summed E-state index contributed by atoms with van der Waals surface area (Å²) in [4.78, 5) is 46.8. The molecule has 8 nitrogen and oxygen atoms in total. The van der Waals surface area contributed by atoms with Gasteiger partial charge in [0.2, 0.25) is 0 Å². The molecular weight excluding hydrogens is 320 g/mol. The number of ether oxygens (including phenoxy) is 2. The van der Waals surface area contributed by atoms with E-state index in [1.807, 2.05) is 0 Å². The van der Waals surface area contributed by atoms with Crippen LogP contribution in [0.2, 0.25) is 0 Å². The SMILES string of the molecule is CC(=O)OC[C@]1(S)C(=O)N(C)[C@]([S-])(OC(C)=O)C(=O)N1C.